The summed E-state index contributed by atoms with van der Waals surface area (Å²) in [5.41, 5.74) is 0. The maximum Gasteiger partial charge on any atom is 0.221 e. The van der Waals surface area contributed by atoms with E-state index in [-0.39, 0.29) is 5.91 Å². The van der Waals surface area contributed by atoms with Crippen molar-refractivity contribution in [3.63, 3.8) is 0 Å². The van der Waals surface area contributed by atoms with Gasteiger partial charge in [0.2, 0.25) is 5.91 Å². The molecule has 17 heavy (non-hydrogen) atoms. The van der Waals surface area contributed by atoms with Gasteiger partial charge in [0.1, 0.15) is 0 Å². The Labute approximate surface area is 108 Å². The van der Waals surface area contributed by atoms with Crippen LogP contribution < -0.4 is 10.6 Å². The molecule has 98 valence electrons. The van der Waals surface area contributed by atoms with Crippen LogP contribution in [0.15, 0.2) is 4.99 Å². The number of thioether (sulfide) groups is 1. The van der Waals surface area contributed by atoms with E-state index in [0.29, 0.717) is 24.9 Å². The fraction of sp³-hybridized carbons (Fsp3) is 0.833. The fourth-order valence-electron chi connectivity index (χ4n) is 1.47. The number of nitrogens with one attached hydrogen (secondary N) is 2. The number of carbonyl (C=O) groups is 1. The topological polar surface area (TPSA) is 53.5 Å². The Bertz CT molecular complexity index is 279. The SMILES string of the molecule is CCCNC(=O)CCN=C1NC(C(C)C)CS1. The second kappa shape index (κ2) is 7.58. The average Bonchev–Trinajstić information content (AvgIpc) is 2.75. The molecule has 1 aliphatic heterocycles. The molecule has 0 bridgehead atoms. The normalized spacial score (nSPS) is 21.9. The molecule has 4 nitrogen and oxygen atoms in total. The first-order valence-electron chi connectivity index (χ1n) is 6.34. The zero-order chi connectivity index (χ0) is 12.7. The molecule has 0 aliphatic carbocycles. The maximum absolute atomic E-state index is 11.3. The van der Waals surface area contributed by atoms with Crippen molar-refractivity contribution >= 4 is 22.8 Å². The van der Waals surface area contributed by atoms with Crippen LogP contribution in [-0.4, -0.2) is 36.0 Å². The molecule has 1 saturated heterocycles. The predicted molar refractivity (Wildman–Crippen MR) is 74.4 cm³/mol. The highest BCUT2D eigenvalue weighted by Crippen LogP contribution is 2.18. The van der Waals surface area contributed by atoms with Crippen LogP contribution in [0.4, 0.5) is 0 Å². The molecule has 1 amide bonds. The van der Waals surface area contributed by atoms with E-state index in [1.165, 1.54) is 0 Å². The number of amides is 1. The Kier molecular flexibility index (Phi) is 6.40. The molecular weight excluding hydrogens is 234 g/mol. The number of rotatable bonds is 6. The van der Waals surface area contributed by atoms with Gasteiger partial charge >= 0.3 is 0 Å². The molecule has 1 aliphatic rings. The van der Waals surface area contributed by atoms with E-state index in [9.17, 15) is 4.79 Å². The van der Waals surface area contributed by atoms with Gasteiger partial charge in [-0.15, -0.1) is 0 Å². The zero-order valence-electron chi connectivity index (χ0n) is 11.0. The first kappa shape index (κ1) is 14.4. The summed E-state index contributed by atoms with van der Waals surface area (Å²) >= 11 is 1.76. The van der Waals surface area contributed by atoms with Gasteiger partial charge in [0.05, 0.1) is 6.54 Å². The number of hydrogen-bond donors (Lipinski definition) is 2. The summed E-state index contributed by atoms with van der Waals surface area (Å²) in [5.74, 6) is 1.81. The molecule has 1 fully saturated rings. The first-order chi connectivity index (χ1) is 8.13. The van der Waals surface area contributed by atoms with Gasteiger partial charge in [-0.05, 0) is 12.3 Å². The number of aliphatic imine (C=N–C) groups is 1. The molecule has 1 rings (SSSR count). The summed E-state index contributed by atoms with van der Waals surface area (Å²) in [4.78, 5) is 15.8. The van der Waals surface area contributed by atoms with Crippen LogP contribution in [0.5, 0.6) is 0 Å². The van der Waals surface area contributed by atoms with Gasteiger partial charge < -0.3 is 10.6 Å². The van der Waals surface area contributed by atoms with Crippen LogP contribution in [0, 0.1) is 5.92 Å². The Morgan fingerprint density at radius 1 is 1.65 bits per heavy atom. The minimum absolute atomic E-state index is 0.0969. The summed E-state index contributed by atoms with van der Waals surface area (Å²) in [7, 11) is 0. The molecule has 0 radical (unpaired) electrons. The summed E-state index contributed by atoms with van der Waals surface area (Å²) in [6.45, 7) is 7.80. The van der Waals surface area contributed by atoms with E-state index in [1.807, 2.05) is 6.92 Å². The molecule has 0 spiro atoms. The largest absolute Gasteiger partial charge is 0.361 e. The average molecular weight is 257 g/mol. The Hall–Kier alpha value is -0.710. The van der Waals surface area contributed by atoms with E-state index in [2.05, 4.69) is 29.5 Å². The third-order valence-corrected chi connectivity index (χ3v) is 3.73. The third-order valence-electron chi connectivity index (χ3n) is 2.68. The summed E-state index contributed by atoms with van der Waals surface area (Å²) in [6.07, 6.45) is 1.46. The van der Waals surface area contributed by atoms with Crippen molar-refractivity contribution in [1.82, 2.24) is 10.6 Å². The summed E-state index contributed by atoms with van der Waals surface area (Å²) < 4.78 is 0. The van der Waals surface area contributed by atoms with Gasteiger partial charge in [-0.25, -0.2) is 0 Å². The monoisotopic (exact) mass is 257 g/mol. The maximum atomic E-state index is 11.3. The fourth-order valence-corrected chi connectivity index (χ4v) is 2.70. The van der Waals surface area contributed by atoms with Crippen LogP contribution >= 0.6 is 11.8 Å². The molecule has 0 aromatic rings. The van der Waals surface area contributed by atoms with Crippen molar-refractivity contribution < 1.29 is 4.79 Å². The van der Waals surface area contributed by atoms with Gasteiger partial charge in [-0.3, -0.25) is 9.79 Å². The smallest absolute Gasteiger partial charge is 0.221 e. The zero-order valence-corrected chi connectivity index (χ0v) is 11.8. The number of hydrogen-bond acceptors (Lipinski definition) is 3. The first-order valence-corrected chi connectivity index (χ1v) is 7.32. The second-order valence-corrected chi connectivity index (χ2v) is 5.60. The van der Waals surface area contributed by atoms with E-state index in [1.54, 1.807) is 11.8 Å². The van der Waals surface area contributed by atoms with Crippen molar-refractivity contribution in [1.29, 1.82) is 0 Å². The van der Waals surface area contributed by atoms with Crippen LogP contribution in [0.2, 0.25) is 0 Å². The molecule has 2 N–H and O–H groups in total. The molecule has 1 heterocycles. The number of amidine groups is 1. The highest BCUT2D eigenvalue weighted by atomic mass is 32.2. The number of nitrogens with zero attached hydrogens (tertiary/aromatic N) is 1. The molecule has 1 unspecified atom stereocenters. The van der Waals surface area contributed by atoms with Crippen LogP contribution in [0.1, 0.15) is 33.6 Å². The van der Waals surface area contributed by atoms with Gasteiger partial charge in [-0.2, -0.15) is 0 Å². The van der Waals surface area contributed by atoms with Crippen LogP contribution in [-0.2, 0) is 4.79 Å². The molecule has 0 saturated carbocycles. The third kappa shape index (κ3) is 5.44. The molecular formula is C12H23N3OS. The second-order valence-electron chi connectivity index (χ2n) is 4.59. The molecule has 0 aromatic heterocycles. The Morgan fingerprint density at radius 3 is 3.00 bits per heavy atom. The summed E-state index contributed by atoms with van der Waals surface area (Å²) in [5, 5.41) is 7.23. The van der Waals surface area contributed by atoms with Crippen molar-refractivity contribution in [3.05, 3.63) is 0 Å². The summed E-state index contributed by atoms with van der Waals surface area (Å²) in [6, 6.07) is 0.521. The van der Waals surface area contributed by atoms with Gasteiger partial charge in [0, 0.05) is 24.8 Å². The van der Waals surface area contributed by atoms with Gasteiger partial charge in [0.15, 0.2) is 5.17 Å². The van der Waals surface area contributed by atoms with Crippen LogP contribution in [0.3, 0.4) is 0 Å². The lowest BCUT2D eigenvalue weighted by Crippen LogP contribution is -2.31. The highest BCUT2D eigenvalue weighted by molar-refractivity contribution is 8.14. The van der Waals surface area contributed by atoms with Crippen molar-refractivity contribution in [3.8, 4) is 0 Å². The highest BCUT2D eigenvalue weighted by Gasteiger charge is 2.22. The predicted octanol–water partition coefficient (Wildman–Crippen LogP) is 1.62. The van der Waals surface area contributed by atoms with Gasteiger partial charge in [-0.1, -0.05) is 32.5 Å². The van der Waals surface area contributed by atoms with Crippen LogP contribution in [0.25, 0.3) is 0 Å². The lowest BCUT2D eigenvalue weighted by atomic mass is 10.1. The Balaban J connectivity index is 2.19. The van der Waals surface area contributed by atoms with Crippen molar-refractivity contribution in [2.45, 2.75) is 39.7 Å². The lowest BCUT2D eigenvalue weighted by molar-refractivity contribution is -0.120. The van der Waals surface area contributed by atoms with E-state index in [0.717, 1.165) is 23.9 Å². The minimum atomic E-state index is 0.0969. The van der Waals surface area contributed by atoms with E-state index >= 15 is 0 Å². The van der Waals surface area contributed by atoms with E-state index in [4.69, 9.17) is 0 Å². The minimum Gasteiger partial charge on any atom is -0.361 e. The molecule has 5 heteroatoms. The van der Waals surface area contributed by atoms with Gasteiger partial charge in [0.25, 0.3) is 0 Å². The standard InChI is InChI=1S/C12H23N3OS/c1-4-6-13-11(16)5-7-14-12-15-10(8-17-12)9(2)3/h9-10H,4-8H2,1-3H3,(H,13,16)(H,14,15). The number of carbonyl (C=O) groups excluding carboxylic acids is 1. The molecule has 1 atom stereocenters. The van der Waals surface area contributed by atoms with Crippen molar-refractivity contribution in [2.24, 2.45) is 10.9 Å². The molecule has 0 aromatic carbocycles. The quantitative estimate of drug-likeness (QED) is 0.760. The Morgan fingerprint density at radius 2 is 2.41 bits per heavy atom. The lowest BCUT2D eigenvalue weighted by Gasteiger charge is -2.13. The van der Waals surface area contributed by atoms with E-state index < -0.39 is 0 Å². The van der Waals surface area contributed by atoms with Crippen molar-refractivity contribution in [2.75, 3.05) is 18.8 Å².